The van der Waals surface area contributed by atoms with Crippen molar-refractivity contribution in [3.8, 4) is 0 Å². The Kier molecular flexibility index (Phi) is 2.67. The molecule has 1 fully saturated rings. The zero-order valence-corrected chi connectivity index (χ0v) is 11.1. The second-order valence-electron chi connectivity index (χ2n) is 5.67. The highest BCUT2D eigenvalue weighted by Crippen LogP contribution is 2.36. The molecule has 3 nitrogen and oxygen atoms in total. The standard InChI is InChI=1S/C15H20N2O/c1-10-8-11(2)13-12(9-10)17-14(18-13)15(16)6-4-3-5-7-15/h8-9H,3-7,16H2,1-2H3. The van der Waals surface area contributed by atoms with E-state index < -0.39 is 0 Å². The van der Waals surface area contributed by atoms with Crippen LogP contribution >= 0.6 is 0 Å². The predicted octanol–water partition coefficient (Wildman–Crippen LogP) is 3.56. The van der Waals surface area contributed by atoms with E-state index >= 15 is 0 Å². The third-order valence-electron chi connectivity index (χ3n) is 3.99. The van der Waals surface area contributed by atoms with Gasteiger partial charge in [-0.25, -0.2) is 4.98 Å². The van der Waals surface area contributed by atoms with Gasteiger partial charge in [0.1, 0.15) is 5.52 Å². The number of oxazole rings is 1. The van der Waals surface area contributed by atoms with E-state index in [1.807, 2.05) is 0 Å². The molecule has 0 bridgehead atoms. The van der Waals surface area contributed by atoms with Gasteiger partial charge in [-0.2, -0.15) is 0 Å². The number of rotatable bonds is 1. The molecule has 3 rings (SSSR count). The Morgan fingerprint density at radius 2 is 1.89 bits per heavy atom. The van der Waals surface area contributed by atoms with Gasteiger partial charge in [0.2, 0.25) is 5.89 Å². The normalized spacial score (nSPS) is 19.3. The van der Waals surface area contributed by atoms with Gasteiger partial charge in [0.05, 0.1) is 5.54 Å². The summed E-state index contributed by atoms with van der Waals surface area (Å²) in [6.07, 6.45) is 5.59. The lowest BCUT2D eigenvalue weighted by molar-refractivity contribution is 0.247. The van der Waals surface area contributed by atoms with Crippen LogP contribution in [0.4, 0.5) is 0 Å². The summed E-state index contributed by atoms with van der Waals surface area (Å²) < 4.78 is 5.96. The van der Waals surface area contributed by atoms with Gasteiger partial charge in [-0.3, -0.25) is 0 Å². The molecule has 0 aliphatic heterocycles. The van der Waals surface area contributed by atoms with Gasteiger partial charge in [0.15, 0.2) is 5.58 Å². The minimum Gasteiger partial charge on any atom is -0.438 e. The molecule has 1 aromatic carbocycles. The molecule has 3 heteroatoms. The van der Waals surface area contributed by atoms with E-state index in [2.05, 4.69) is 31.0 Å². The van der Waals surface area contributed by atoms with E-state index in [1.165, 1.54) is 24.8 Å². The van der Waals surface area contributed by atoms with Crippen molar-refractivity contribution in [1.29, 1.82) is 0 Å². The van der Waals surface area contributed by atoms with Gasteiger partial charge < -0.3 is 10.2 Å². The van der Waals surface area contributed by atoms with Gasteiger partial charge in [0, 0.05) is 0 Å². The van der Waals surface area contributed by atoms with Crippen molar-refractivity contribution in [3.63, 3.8) is 0 Å². The summed E-state index contributed by atoms with van der Waals surface area (Å²) >= 11 is 0. The number of benzene rings is 1. The van der Waals surface area contributed by atoms with Gasteiger partial charge in [0.25, 0.3) is 0 Å². The molecule has 18 heavy (non-hydrogen) atoms. The molecule has 0 radical (unpaired) electrons. The second kappa shape index (κ2) is 4.09. The number of hydrogen-bond donors (Lipinski definition) is 1. The van der Waals surface area contributed by atoms with Crippen molar-refractivity contribution in [2.24, 2.45) is 5.73 Å². The molecule has 1 saturated carbocycles. The first-order valence-electron chi connectivity index (χ1n) is 6.76. The van der Waals surface area contributed by atoms with Gasteiger partial charge >= 0.3 is 0 Å². The maximum atomic E-state index is 6.48. The van der Waals surface area contributed by atoms with E-state index in [9.17, 15) is 0 Å². The molecule has 2 N–H and O–H groups in total. The number of fused-ring (bicyclic) bond motifs is 1. The van der Waals surface area contributed by atoms with Crippen LogP contribution in [0, 0.1) is 13.8 Å². The highest BCUT2D eigenvalue weighted by Gasteiger charge is 2.34. The highest BCUT2D eigenvalue weighted by molar-refractivity contribution is 5.77. The average Bonchev–Trinajstić information content (AvgIpc) is 2.74. The van der Waals surface area contributed by atoms with E-state index in [4.69, 9.17) is 10.2 Å². The lowest BCUT2D eigenvalue weighted by Crippen LogP contribution is -2.38. The minimum atomic E-state index is -0.350. The first kappa shape index (κ1) is 11.7. The first-order valence-corrected chi connectivity index (χ1v) is 6.76. The number of hydrogen-bond acceptors (Lipinski definition) is 3. The molecule has 1 heterocycles. The molecule has 0 amide bonds. The smallest absolute Gasteiger partial charge is 0.215 e. The quantitative estimate of drug-likeness (QED) is 0.834. The Bertz CT molecular complexity index is 579. The summed E-state index contributed by atoms with van der Waals surface area (Å²) in [6, 6.07) is 4.20. The first-order chi connectivity index (χ1) is 8.58. The molecule has 0 saturated heterocycles. The Morgan fingerprint density at radius 3 is 2.61 bits per heavy atom. The van der Waals surface area contributed by atoms with Gasteiger partial charge in [-0.15, -0.1) is 0 Å². The largest absolute Gasteiger partial charge is 0.438 e. The average molecular weight is 244 g/mol. The van der Waals surface area contributed by atoms with Crippen LogP contribution in [0.3, 0.4) is 0 Å². The monoisotopic (exact) mass is 244 g/mol. The molecule has 0 spiro atoms. The number of nitrogens with zero attached hydrogens (tertiary/aromatic N) is 1. The second-order valence-corrected chi connectivity index (χ2v) is 5.67. The number of aryl methyl sites for hydroxylation is 2. The fourth-order valence-electron chi connectivity index (χ4n) is 2.99. The maximum Gasteiger partial charge on any atom is 0.215 e. The fraction of sp³-hybridized carbons (Fsp3) is 0.533. The van der Waals surface area contributed by atoms with E-state index in [0.717, 1.165) is 35.4 Å². The lowest BCUT2D eigenvalue weighted by Gasteiger charge is -2.29. The molecule has 2 aromatic rings. The van der Waals surface area contributed by atoms with Crippen molar-refractivity contribution < 1.29 is 4.42 Å². The van der Waals surface area contributed by atoms with Crippen molar-refractivity contribution >= 4 is 11.1 Å². The zero-order chi connectivity index (χ0) is 12.8. The molecule has 1 aliphatic carbocycles. The van der Waals surface area contributed by atoms with Gasteiger partial charge in [-0.1, -0.05) is 25.3 Å². The Hall–Kier alpha value is -1.35. The minimum absolute atomic E-state index is 0.350. The summed E-state index contributed by atoms with van der Waals surface area (Å²) in [5.41, 5.74) is 10.3. The summed E-state index contributed by atoms with van der Waals surface area (Å²) in [7, 11) is 0. The van der Waals surface area contributed by atoms with Crippen LogP contribution in [-0.4, -0.2) is 4.98 Å². The summed E-state index contributed by atoms with van der Waals surface area (Å²) in [4.78, 5) is 4.64. The van der Waals surface area contributed by atoms with Crippen LogP contribution in [0.25, 0.3) is 11.1 Å². The Morgan fingerprint density at radius 1 is 1.17 bits per heavy atom. The van der Waals surface area contributed by atoms with E-state index in [-0.39, 0.29) is 5.54 Å². The maximum absolute atomic E-state index is 6.48. The van der Waals surface area contributed by atoms with Gasteiger partial charge in [-0.05, 0) is 43.9 Å². The molecular weight excluding hydrogens is 224 g/mol. The number of nitrogens with two attached hydrogens (primary N) is 1. The van der Waals surface area contributed by atoms with Crippen LogP contribution in [-0.2, 0) is 5.54 Å². The van der Waals surface area contributed by atoms with Crippen molar-refractivity contribution in [1.82, 2.24) is 4.98 Å². The van der Waals surface area contributed by atoms with E-state index in [0.29, 0.717) is 0 Å². The third kappa shape index (κ3) is 1.83. The third-order valence-corrected chi connectivity index (χ3v) is 3.99. The predicted molar refractivity (Wildman–Crippen MR) is 72.4 cm³/mol. The SMILES string of the molecule is Cc1cc(C)c2oc(C3(N)CCCCC3)nc2c1. The lowest BCUT2D eigenvalue weighted by atomic mass is 9.82. The molecule has 0 atom stereocenters. The van der Waals surface area contributed by atoms with Crippen molar-refractivity contribution in [2.45, 2.75) is 51.5 Å². The molecule has 0 unspecified atom stereocenters. The molecule has 1 aliphatic rings. The summed E-state index contributed by atoms with van der Waals surface area (Å²) in [6.45, 7) is 4.15. The fourth-order valence-corrected chi connectivity index (χ4v) is 2.99. The van der Waals surface area contributed by atoms with E-state index in [1.54, 1.807) is 0 Å². The zero-order valence-electron chi connectivity index (χ0n) is 11.1. The highest BCUT2D eigenvalue weighted by atomic mass is 16.4. The van der Waals surface area contributed by atoms with Crippen LogP contribution in [0.5, 0.6) is 0 Å². The van der Waals surface area contributed by atoms with Crippen LogP contribution in [0.1, 0.15) is 49.1 Å². The van der Waals surface area contributed by atoms with Crippen LogP contribution in [0.15, 0.2) is 16.5 Å². The topological polar surface area (TPSA) is 52.0 Å². The van der Waals surface area contributed by atoms with Crippen molar-refractivity contribution in [3.05, 3.63) is 29.2 Å². The molecule has 96 valence electrons. The molecular formula is C15H20N2O. The van der Waals surface area contributed by atoms with Crippen molar-refractivity contribution in [2.75, 3.05) is 0 Å². The summed E-state index contributed by atoms with van der Waals surface area (Å²) in [5, 5.41) is 0. The van der Waals surface area contributed by atoms with Crippen LogP contribution in [0.2, 0.25) is 0 Å². The molecule has 1 aromatic heterocycles. The van der Waals surface area contributed by atoms with Crippen LogP contribution < -0.4 is 5.73 Å². The summed E-state index contributed by atoms with van der Waals surface area (Å²) in [5.74, 6) is 0.728. The number of aromatic nitrogens is 1. The Labute approximate surface area is 107 Å². The Balaban J connectivity index is 2.10.